The van der Waals surface area contributed by atoms with E-state index in [1.165, 1.54) is 0 Å². The molecule has 5 nitrogen and oxygen atoms in total. The van der Waals surface area contributed by atoms with Gasteiger partial charge in [0.15, 0.2) is 0 Å². The van der Waals surface area contributed by atoms with Gasteiger partial charge in [-0.15, -0.1) is 0 Å². The monoisotopic (exact) mass is 292 g/mol. The number of benzene rings is 1. The second kappa shape index (κ2) is 7.22. The van der Waals surface area contributed by atoms with Crippen LogP contribution in [-0.2, 0) is 16.0 Å². The molecular formula is C16H24N2O3. The Kier molecular flexibility index (Phi) is 5.90. The standard InChI is InChI=1S/C16H24N2O3/c1-16(2,3)13(15(20)21)18-14(19)12(17)10-9-11-7-5-4-6-8-11/h4-8,12-13H,9-10,17H2,1-3H3,(H,18,19)(H,20,21)/t12-,13?/m0/s1. The van der Waals surface area contributed by atoms with E-state index in [9.17, 15) is 14.7 Å². The highest BCUT2D eigenvalue weighted by Gasteiger charge is 2.33. The molecule has 0 aromatic heterocycles. The molecule has 1 amide bonds. The Balaban J connectivity index is 2.56. The van der Waals surface area contributed by atoms with Crippen molar-refractivity contribution in [2.24, 2.45) is 11.1 Å². The van der Waals surface area contributed by atoms with E-state index in [2.05, 4.69) is 5.32 Å². The number of nitrogens with two attached hydrogens (primary N) is 1. The summed E-state index contributed by atoms with van der Waals surface area (Å²) in [4.78, 5) is 23.3. The maximum Gasteiger partial charge on any atom is 0.326 e. The lowest BCUT2D eigenvalue weighted by Crippen LogP contribution is -2.53. The van der Waals surface area contributed by atoms with E-state index in [0.29, 0.717) is 12.8 Å². The normalized spacial score (nSPS) is 14.3. The Labute approximate surface area is 125 Å². The van der Waals surface area contributed by atoms with E-state index in [1.807, 2.05) is 30.3 Å². The van der Waals surface area contributed by atoms with Crippen molar-refractivity contribution in [3.05, 3.63) is 35.9 Å². The van der Waals surface area contributed by atoms with Gasteiger partial charge >= 0.3 is 5.97 Å². The molecule has 0 bridgehead atoms. The van der Waals surface area contributed by atoms with Gasteiger partial charge in [-0.05, 0) is 23.8 Å². The fraction of sp³-hybridized carbons (Fsp3) is 0.500. The van der Waals surface area contributed by atoms with E-state index >= 15 is 0 Å². The van der Waals surface area contributed by atoms with Crippen LogP contribution in [0.1, 0.15) is 32.8 Å². The second-order valence-corrected chi connectivity index (χ2v) is 6.28. The lowest BCUT2D eigenvalue weighted by Gasteiger charge is -2.28. The van der Waals surface area contributed by atoms with Gasteiger partial charge in [-0.1, -0.05) is 51.1 Å². The van der Waals surface area contributed by atoms with E-state index < -0.39 is 29.4 Å². The number of carbonyl (C=O) groups excluding carboxylic acids is 1. The highest BCUT2D eigenvalue weighted by molar-refractivity contribution is 5.87. The minimum absolute atomic E-state index is 0.423. The molecule has 0 saturated heterocycles. The summed E-state index contributed by atoms with van der Waals surface area (Å²) in [6, 6.07) is 8.07. The summed E-state index contributed by atoms with van der Waals surface area (Å²) in [6.45, 7) is 5.30. The molecule has 116 valence electrons. The van der Waals surface area contributed by atoms with Gasteiger partial charge in [0.1, 0.15) is 6.04 Å². The molecule has 0 heterocycles. The number of aryl methyl sites for hydroxylation is 1. The van der Waals surface area contributed by atoms with E-state index in [1.54, 1.807) is 20.8 Å². The van der Waals surface area contributed by atoms with Crippen LogP contribution in [-0.4, -0.2) is 29.1 Å². The molecule has 1 aromatic carbocycles. The Morgan fingerprint density at radius 2 is 1.81 bits per heavy atom. The zero-order chi connectivity index (χ0) is 16.0. The largest absolute Gasteiger partial charge is 0.480 e. The van der Waals surface area contributed by atoms with Gasteiger partial charge in [-0.25, -0.2) is 4.79 Å². The molecular weight excluding hydrogens is 268 g/mol. The Bertz CT molecular complexity index is 480. The molecule has 1 aromatic rings. The van der Waals surface area contributed by atoms with Crippen molar-refractivity contribution in [2.45, 2.75) is 45.7 Å². The van der Waals surface area contributed by atoms with Gasteiger partial charge < -0.3 is 16.2 Å². The molecule has 21 heavy (non-hydrogen) atoms. The van der Waals surface area contributed by atoms with Crippen molar-refractivity contribution in [2.75, 3.05) is 0 Å². The van der Waals surface area contributed by atoms with Crippen molar-refractivity contribution in [3.63, 3.8) is 0 Å². The Morgan fingerprint density at radius 1 is 1.24 bits per heavy atom. The molecule has 1 rings (SSSR count). The number of hydrogen-bond acceptors (Lipinski definition) is 3. The number of carbonyl (C=O) groups is 2. The van der Waals surface area contributed by atoms with Gasteiger partial charge in [-0.2, -0.15) is 0 Å². The first-order valence-electron chi connectivity index (χ1n) is 7.04. The van der Waals surface area contributed by atoms with E-state index in [4.69, 9.17) is 5.73 Å². The molecule has 4 N–H and O–H groups in total. The summed E-state index contributed by atoms with van der Waals surface area (Å²) >= 11 is 0. The minimum Gasteiger partial charge on any atom is -0.480 e. The molecule has 0 saturated carbocycles. The van der Waals surface area contributed by atoms with Crippen LogP contribution >= 0.6 is 0 Å². The van der Waals surface area contributed by atoms with Gasteiger partial charge in [0.05, 0.1) is 6.04 Å². The predicted octanol–water partition coefficient (Wildman–Crippen LogP) is 1.56. The van der Waals surface area contributed by atoms with Crippen LogP contribution < -0.4 is 11.1 Å². The second-order valence-electron chi connectivity index (χ2n) is 6.28. The Morgan fingerprint density at radius 3 is 2.29 bits per heavy atom. The maximum absolute atomic E-state index is 12.0. The summed E-state index contributed by atoms with van der Waals surface area (Å²) in [5, 5.41) is 11.7. The fourth-order valence-corrected chi connectivity index (χ4v) is 2.00. The van der Waals surface area contributed by atoms with Gasteiger partial charge in [0.2, 0.25) is 5.91 Å². The zero-order valence-corrected chi connectivity index (χ0v) is 12.8. The highest BCUT2D eigenvalue weighted by Crippen LogP contribution is 2.19. The number of hydrogen-bond donors (Lipinski definition) is 3. The third kappa shape index (κ3) is 5.55. The van der Waals surface area contributed by atoms with Gasteiger partial charge in [-0.3, -0.25) is 4.79 Å². The van der Waals surface area contributed by atoms with Gasteiger partial charge in [0.25, 0.3) is 0 Å². The highest BCUT2D eigenvalue weighted by atomic mass is 16.4. The maximum atomic E-state index is 12.0. The number of carboxylic acids is 1. The van der Waals surface area contributed by atoms with Crippen LogP contribution in [0.5, 0.6) is 0 Å². The van der Waals surface area contributed by atoms with Crippen molar-refractivity contribution < 1.29 is 14.7 Å². The molecule has 0 aliphatic rings. The molecule has 0 radical (unpaired) electrons. The summed E-state index contributed by atoms with van der Waals surface area (Å²) in [5.74, 6) is -1.47. The fourth-order valence-electron chi connectivity index (χ4n) is 2.00. The third-order valence-electron chi connectivity index (χ3n) is 3.32. The number of carboxylic acid groups (broad SMARTS) is 1. The topological polar surface area (TPSA) is 92.4 Å². The summed E-state index contributed by atoms with van der Waals surface area (Å²) in [6.07, 6.45) is 1.16. The lowest BCUT2D eigenvalue weighted by atomic mass is 9.86. The molecule has 0 aliphatic heterocycles. The van der Waals surface area contributed by atoms with Crippen LogP contribution in [0.15, 0.2) is 30.3 Å². The molecule has 0 spiro atoms. The first-order chi connectivity index (χ1) is 9.71. The molecule has 5 heteroatoms. The van der Waals surface area contributed by atoms with Crippen LogP contribution in [0, 0.1) is 5.41 Å². The van der Waals surface area contributed by atoms with E-state index in [0.717, 1.165) is 5.56 Å². The first-order valence-corrected chi connectivity index (χ1v) is 7.04. The van der Waals surface area contributed by atoms with Gasteiger partial charge in [0, 0.05) is 0 Å². The number of amides is 1. The summed E-state index contributed by atoms with van der Waals surface area (Å²) < 4.78 is 0. The molecule has 0 aliphatic carbocycles. The summed E-state index contributed by atoms with van der Waals surface area (Å²) in [5.41, 5.74) is 6.39. The Hall–Kier alpha value is -1.88. The minimum atomic E-state index is -1.05. The van der Waals surface area contributed by atoms with Crippen molar-refractivity contribution in [3.8, 4) is 0 Å². The van der Waals surface area contributed by atoms with Crippen LogP contribution in [0.4, 0.5) is 0 Å². The number of rotatable bonds is 6. The SMILES string of the molecule is CC(C)(C)C(NC(=O)[C@@H](N)CCc1ccccc1)C(=O)O. The number of nitrogens with one attached hydrogen (secondary N) is 1. The van der Waals surface area contributed by atoms with Crippen LogP contribution in [0.3, 0.4) is 0 Å². The van der Waals surface area contributed by atoms with Crippen molar-refractivity contribution in [1.29, 1.82) is 0 Å². The quantitative estimate of drug-likeness (QED) is 0.742. The average molecular weight is 292 g/mol. The smallest absolute Gasteiger partial charge is 0.326 e. The third-order valence-corrected chi connectivity index (χ3v) is 3.32. The number of aliphatic carboxylic acids is 1. The summed E-state index contributed by atoms with van der Waals surface area (Å²) in [7, 11) is 0. The lowest BCUT2D eigenvalue weighted by molar-refractivity contribution is -0.145. The van der Waals surface area contributed by atoms with Crippen LogP contribution in [0.2, 0.25) is 0 Å². The first kappa shape index (κ1) is 17.2. The zero-order valence-electron chi connectivity index (χ0n) is 12.8. The van der Waals surface area contributed by atoms with Crippen LogP contribution in [0.25, 0.3) is 0 Å². The molecule has 0 fully saturated rings. The molecule has 1 unspecified atom stereocenters. The molecule has 2 atom stereocenters. The van der Waals surface area contributed by atoms with Crippen molar-refractivity contribution in [1.82, 2.24) is 5.32 Å². The predicted molar refractivity (Wildman–Crippen MR) is 81.8 cm³/mol. The van der Waals surface area contributed by atoms with Crippen molar-refractivity contribution >= 4 is 11.9 Å². The average Bonchev–Trinajstić information content (AvgIpc) is 2.41. The van der Waals surface area contributed by atoms with E-state index in [-0.39, 0.29) is 0 Å².